The minimum Gasteiger partial charge on any atom is -0.373 e. The predicted molar refractivity (Wildman–Crippen MR) is 87.1 cm³/mol. The molecule has 0 aliphatic carbocycles. The van der Waals surface area contributed by atoms with E-state index in [0.717, 1.165) is 23.0 Å². The van der Waals surface area contributed by atoms with Crippen molar-refractivity contribution in [3.05, 3.63) is 11.4 Å². The molecule has 20 heavy (non-hydrogen) atoms. The number of hydrogen-bond acceptors (Lipinski definition) is 5. The summed E-state index contributed by atoms with van der Waals surface area (Å²) in [5, 5.41) is 6.39. The average Bonchev–Trinajstić information content (AvgIpc) is 2.39. The van der Waals surface area contributed by atoms with Gasteiger partial charge in [0.1, 0.15) is 17.5 Å². The first kappa shape index (κ1) is 16.9. The van der Waals surface area contributed by atoms with Crippen molar-refractivity contribution in [2.75, 3.05) is 35.7 Å². The van der Waals surface area contributed by atoms with Crippen molar-refractivity contribution in [3.63, 3.8) is 0 Å². The maximum Gasteiger partial charge on any atom is 0.138 e. The largest absolute Gasteiger partial charge is 0.373 e. The zero-order valence-corrected chi connectivity index (χ0v) is 14.1. The minimum atomic E-state index is -0.758. The number of nitrogens with zero attached hydrogens (tertiary/aromatic N) is 2. The van der Waals surface area contributed by atoms with Crippen LogP contribution in [0.15, 0.2) is 0 Å². The topological polar surface area (TPSA) is 66.9 Å². The van der Waals surface area contributed by atoms with Crippen LogP contribution in [0.2, 0.25) is 0 Å². The molecule has 1 heterocycles. The zero-order chi connectivity index (χ0) is 15.3. The summed E-state index contributed by atoms with van der Waals surface area (Å²) in [4.78, 5) is 9.17. The maximum atomic E-state index is 11.5. The lowest BCUT2D eigenvalue weighted by Crippen LogP contribution is -2.20. The van der Waals surface area contributed by atoms with Crippen LogP contribution in [-0.4, -0.2) is 39.3 Å². The number of rotatable bonds is 6. The molecular formula is C14H26N4OS. The van der Waals surface area contributed by atoms with Crippen LogP contribution in [0, 0.1) is 6.92 Å². The summed E-state index contributed by atoms with van der Waals surface area (Å²) >= 11 is 0. The number of nitrogens with one attached hydrogen (secondary N) is 2. The highest BCUT2D eigenvalue weighted by atomic mass is 32.2. The average molecular weight is 298 g/mol. The van der Waals surface area contributed by atoms with Gasteiger partial charge in [0.2, 0.25) is 0 Å². The molecule has 0 aliphatic heterocycles. The fraction of sp³-hybridized carbons (Fsp3) is 0.714. The Morgan fingerprint density at radius 3 is 2.30 bits per heavy atom. The third-order valence-electron chi connectivity index (χ3n) is 3.00. The summed E-state index contributed by atoms with van der Waals surface area (Å²) in [6.45, 7) is 10.8. The van der Waals surface area contributed by atoms with E-state index in [-0.39, 0.29) is 5.41 Å². The normalized spacial score (nSPS) is 13.1. The predicted octanol–water partition coefficient (Wildman–Crippen LogP) is 2.30. The van der Waals surface area contributed by atoms with Crippen LogP contribution in [0.5, 0.6) is 0 Å². The van der Waals surface area contributed by atoms with Crippen molar-refractivity contribution in [3.8, 4) is 0 Å². The molecule has 114 valence electrons. The quantitative estimate of drug-likeness (QED) is 0.843. The van der Waals surface area contributed by atoms with Gasteiger partial charge in [-0.15, -0.1) is 0 Å². The smallest absolute Gasteiger partial charge is 0.138 e. The van der Waals surface area contributed by atoms with E-state index in [1.807, 2.05) is 20.9 Å². The fourth-order valence-corrected chi connectivity index (χ4v) is 2.31. The molecule has 5 nitrogen and oxygen atoms in total. The van der Waals surface area contributed by atoms with Gasteiger partial charge in [-0.3, -0.25) is 4.21 Å². The van der Waals surface area contributed by atoms with Crippen molar-refractivity contribution in [2.45, 2.75) is 40.0 Å². The lowest BCUT2D eigenvalue weighted by molar-refractivity contribution is 0.546. The summed E-state index contributed by atoms with van der Waals surface area (Å²) in [5.41, 5.74) is 0.880. The molecule has 1 aromatic heterocycles. The Hall–Kier alpha value is -1.17. The molecule has 6 heteroatoms. The molecule has 1 rings (SSSR count). The molecule has 0 aromatic carbocycles. The van der Waals surface area contributed by atoms with Crippen LogP contribution in [0.1, 0.15) is 39.1 Å². The molecule has 1 atom stereocenters. The van der Waals surface area contributed by atoms with Crippen LogP contribution in [-0.2, 0) is 16.2 Å². The number of aromatic nitrogens is 2. The second kappa shape index (κ2) is 7.02. The SMILES string of the molecule is CCS(=O)CCNc1nc(C(C)(C)C)nc(NC)c1C. The Labute approximate surface area is 124 Å². The number of hydrogen-bond donors (Lipinski definition) is 2. The lowest BCUT2D eigenvalue weighted by Gasteiger charge is -2.20. The van der Waals surface area contributed by atoms with Crippen LogP contribution >= 0.6 is 0 Å². The highest BCUT2D eigenvalue weighted by Gasteiger charge is 2.20. The molecule has 0 radical (unpaired) electrons. The second-order valence-corrected chi connectivity index (χ2v) is 7.59. The summed E-state index contributed by atoms with van der Waals surface area (Å²) in [6.07, 6.45) is 0. The molecular weight excluding hydrogens is 272 g/mol. The fourth-order valence-electron chi connectivity index (χ4n) is 1.70. The van der Waals surface area contributed by atoms with Gasteiger partial charge >= 0.3 is 0 Å². The van der Waals surface area contributed by atoms with E-state index in [9.17, 15) is 4.21 Å². The highest BCUT2D eigenvalue weighted by Crippen LogP contribution is 2.25. The monoisotopic (exact) mass is 298 g/mol. The Morgan fingerprint density at radius 1 is 1.20 bits per heavy atom. The van der Waals surface area contributed by atoms with Gasteiger partial charge in [-0.05, 0) is 6.92 Å². The van der Waals surface area contributed by atoms with Gasteiger partial charge < -0.3 is 10.6 Å². The highest BCUT2D eigenvalue weighted by molar-refractivity contribution is 7.84. The van der Waals surface area contributed by atoms with Crippen molar-refractivity contribution in [2.24, 2.45) is 0 Å². The molecule has 1 unspecified atom stereocenters. The summed E-state index contributed by atoms with van der Waals surface area (Å²) in [7, 11) is 1.10. The van der Waals surface area contributed by atoms with E-state index >= 15 is 0 Å². The van der Waals surface area contributed by atoms with Gasteiger partial charge in [0.25, 0.3) is 0 Å². The van der Waals surface area contributed by atoms with Crippen LogP contribution in [0.3, 0.4) is 0 Å². The Kier molecular flexibility index (Phi) is 5.92. The summed E-state index contributed by atoms with van der Waals surface area (Å²) in [5.74, 6) is 3.79. The van der Waals surface area contributed by atoms with E-state index in [0.29, 0.717) is 18.1 Å². The third kappa shape index (κ3) is 4.44. The van der Waals surface area contributed by atoms with Gasteiger partial charge in [-0.2, -0.15) is 0 Å². The molecule has 0 aliphatic rings. The summed E-state index contributed by atoms with van der Waals surface area (Å²) < 4.78 is 11.5. The van der Waals surface area contributed by atoms with Crippen molar-refractivity contribution < 1.29 is 4.21 Å². The van der Waals surface area contributed by atoms with E-state index < -0.39 is 10.8 Å². The molecule has 0 fully saturated rings. The molecule has 0 saturated heterocycles. The maximum absolute atomic E-state index is 11.5. The molecule has 0 spiro atoms. The number of anilines is 2. The molecule has 0 amide bonds. The third-order valence-corrected chi connectivity index (χ3v) is 4.30. The first-order valence-corrected chi connectivity index (χ1v) is 8.44. The summed E-state index contributed by atoms with van der Waals surface area (Å²) in [6, 6.07) is 0. The van der Waals surface area contributed by atoms with Gasteiger partial charge in [-0.25, -0.2) is 9.97 Å². The Bertz CT molecular complexity index is 483. The van der Waals surface area contributed by atoms with Crippen LogP contribution < -0.4 is 10.6 Å². The first-order valence-electron chi connectivity index (χ1n) is 6.95. The Morgan fingerprint density at radius 2 is 1.80 bits per heavy atom. The molecule has 0 saturated carbocycles. The van der Waals surface area contributed by atoms with Gasteiger partial charge in [0, 0.05) is 46.9 Å². The van der Waals surface area contributed by atoms with E-state index in [4.69, 9.17) is 0 Å². The second-order valence-electron chi connectivity index (χ2n) is 5.73. The van der Waals surface area contributed by atoms with Crippen LogP contribution in [0.25, 0.3) is 0 Å². The van der Waals surface area contributed by atoms with Gasteiger partial charge in [0.05, 0.1) is 0 Å². The molecule has 1 aromatic rings. The Balaban J connectivity index is 2.96. The van der Waals surface area contributed by atoms with E-state index in [1.54, 1.807) is 0 Å². The van der Waals surface area contributed by atoms with E-state index in [2.05, 4.69) is 41.4 Å². The van der Waals surface area contributed by atoms with Crippen LogP contribution in [0.4, 0.5) is 11.6 Å². The van der Waals surface area contributed by atoms with Crippen molar-refractivity contribution in [1.82, 2.24) is 9.97 Å². The van der Waals surface area contributed by atoms with Gasteiger partial charge in [-0.1, -0.05) is 27.7 Å². The molecule has 2 N–H and O–H groups in total. The minimum absolute atomic E-state index is 0.109. The van der Waals surface area contributed by atoms with Crippen molar-refractivity contribution >= 4 is 22.4 Å². The van der Waals surface area contributed by atoms with E-state index in [1.165, 1.54) is 0 Å². The standard InChI is InChI=1S/C14H26N4OS/c1-7-20(19)9-8-16-12-10(2)11(15-6)17-13(18-12)14(3,4)5/h7-9H2,1-6H3,(H2,15,16,17,18). The lowest BCUT2D eigenvalue weighted by atomic mass is 9.95. The first-order chi connectivity index (χ1) is 9.29. The zero-order valence-electron chi connectivity index (χ0n) is 13.3. The van der Waals surface area contributed by atoms with Gasteiger partial charge in [0.15, 0.2) is 0 Å². The van der Waals surface area contributed by atoms with Crippen molar-refractivity contribution in [1.29, 1.82) is 0 Å². The molecule has 0 bridgehead atoms.